The maximum absolute atomic E-state index is 13.0. The Bertz CT molecular complexity index is 774. The number of methoxy groups -OCH3 is 1. The van der Waals surface area contributed by atoms with E-state index < -0.39 is 11.5 Å². The monoisotopic (exact) mass is 398 g/mol. The van der Waals surface area contributed by atoms with Crippen molar-refractivity contribution in [3.63, 3.8) is 0 Å². The maximum atomic E-state index is 13.0. The zero-order valence-corrected chi connectivity index (χ0v) is 15.8. The number of amides is 1. The first-order valence-electron chi connectivity index (χ1n) is 7.97. The van der Waals surface area contributed by atoms with Gasteiger partial charge in [-0.15, -0.1) is 12.4 Å². The SMILES string of the molecule is COC(=O)c1ccc(NC(=O)C2(n3cccn3)CCNCC2)cc1Cl.Cl. The summed E-state index contributed by atoms with van der Waals surface area (Å²) in [5.41, 5.74) is 0.0287. The van der Waals surface area contributed by atoms with Crippen LogP contribution < -0.4 is 10.6 Å². The number of halogens is 2. The van der Waals surface area contributed by atoms with Crippen molar-refractivity contribution in [3.05, 3.63) is 47.2 Å². The molecular weight excluding hydrogens is 379 g/mol. The second kappa shape index (κ2) is 8.53. The first-order valence-corrected chi connectivity index (χ1v) is 8.35. The quantitative estimate of drug-likeness (QED) is 0.772. The van der Waals surface area contributed by atoms with E-state index in [0.29, 0.717) is 18.5 Å². The lowest BCUT2D eigenvalue weighted by Crippen LogP contribution is -2.52. The van der Waals surface area contributed by atoms with Crippen molar-refractivity contribution in [1.82, 2.24) is 15.1 Å². The Morgan fingerprint density at radius 1 is 1.35 bits per heavy atom. The Morgan fingerprint density at radius 3 is 2.65 bits per heavy atom. The van der Waals surface area contributed by atoms with Crippen molar-refractivity contribution < 1.29 is 14.3 Å². The molecule has 7 nitrogen and oxygen atoms in total. The Kier molecular flexibility index (Phi) is 6.63. The van der Waals surface area contributed by atoms with E-state index in [1.807, 2.05) is 0 Å². The smallest absolute Gasteiger partial charge is 0.339 e. The van der Waals surface area contributed by atoms with Gasteiger partial charge in [0.2, 0.25) is 0 Å². The van der Waals surface area contributed by atoms with Gasteiger partial charge in [0, 0.05) is 18.1 Å². The molecule has 1 fully saturated rings. The molecule has 0 unspecified atom stereocenters. The number of aromatic nitrogens is 2. The van der Waals surface area contributed by atoms with E-state index in [1.165, 1.54) is 13.2 Å². The lowest BCUT2D eigenvalue weighted by atomic mass is 9.87. The average Bonchev–Trinajstić information content (AvgIpc) is 3.17. The second-order valence-electron chi connectivity index (χ2n) is 5.87. The molecule has 140 valence electrons. The molecule has 2 N–H and O–H groups in total. The van der Waals surface area contributed by atoms with E-state index >= 15 is 0 Å². The van der Waals surface area contributed by atoms with Crippen molar-refractivity contribution in [2.45, 2.75) is 18.4 Å². The molecule has 0 aliphatic carbocycles. The molecule has 0 spiro atoms. The first kappa shape index (κ1) is 20.2. The highest BCUT2D eigenvalue weighted by atomic mass is 35.5. The fourth-order valence-electron chi connectivity index (χ4n) is 3.04. The predicted octanol–water partition coefficient (Wildman–Crippen LogP) is 2.46. The molecule has 0 bridgehead atoms. The summed E-state index contributed by atoms with van der Waals surface area (Å²) in [6.07, 6.45) is 4.74. The summed E-state index contributed by atoms with van der Waals surface area (Å²) in [4.78, 5) is 24.6. The van der Waals surface area contributed by atoms with Gasteiger partial charge in [0.15, 0.2) is 0 Å². The van der Waals surface area contributed by atoms with Gasteiger partial charge >= 0.3 is 5.97 Å². The van der Waals surface area contributed by atoms with Crippen LogP contribution in [-0.4, -0.2) is 41.9 Å². The first-order chi connectivity index (χ1) is 12.1. The molecule has 1 saturated heterocycles. The molecule has 1 aromatic carbocycles. The molecule has 0 saturated carbocycles. The third-order valence-electron chi connectivity index (χ3n) is 4.43. The number of carbonyl (C=O) groups excluding carboxylic acids is 2. The number of hydrogen-bond acceptors (Lipinski definition) is 5. The van der Waals surface area contributed by atoms with E-state index in [-0.39, 0.29) is 28.9 Å². The van der Waals surface area contributed by atoms with Crippen LogP contribution in [0.4, 0.5) is 5.69 Å². The molecule has 1 aliphatic heterocycles. The number of piperidine rings is 1. The fraction of sp³-hybridized carbons (Fsp3) is 0.353. The van der Waals surface area contributed by atoms with Crippen molar-refractivity contribution >= 4 is 41.6 Å². The van der Waals surface area contributed by atoms with Crippen LogP contribution >= 0.6 is 24.0 Å². The number of hydrogen-bond donors (Lipinski definition) is 2. The minimum absolute atomic E-state index is 0. The normalized spacial score (nSPS) is 15.6. The molecule has 26 heavy (non-hydrogen) atoms. The standard InChI is InChI=1S/C17H19ClN4O3.ClH/c1-25-15(23)13-4-3-12(11-14(13)18)21-16(24)17(5-8-19-9-6-17)22-10-2-7-20-22;/h2-4,7,10-11,19H,5-6,8-9H2,1H3,(H,21,24);1H. The van der Waals surface area contributed by atoms with E-state index in [1.54, 1.807) is 35.3 Å². The van der Waals surface area contributed by atoms with Crippen molar-refractivity contribution in [2.24, 2.45) is 0 Å². The Labute approximate surface area is 162 Å². The van der Waals surface area contributed by atoms with Gasteiger partial charge in [-0.3, -0.25) is 9.48 Å². The number of benzene rings is 1. The van der Waals surface area contributed by atoms with E-state index in [4.69, 9.17) is 11.6 Å². The van der Waals surface area contributed by atoms with Gasteiger partial charge in [-0.25, -0.2) is 4.79 Å². The van der Waals surface area contributed by atoms with Gasteiger partial charge in [0.25, 0.3) is 5.91 Å². The Hall–Kier alpha value is -2.09. The molecule has 0 atom stereocenters. The van der Waals surface area contributed by atoms with Gasteiger partial charge in [-0.05, 0) is 50.2 Å². The van der Waals surface area contributed by atoms with Crippen LogP contribution in [0.15, 0.2) is 36.7 Å². The van der Waals surface area contributed by atoms with Crippen LogP contribution in [0.1, 0.15) is 23.2 Å². The van der Waals surface area contributed by atoms with Crippen LogP contribution in [0.25, 0.3) is 0 Å². The molecule has 2 heterocycles. The second-order valence-corrected chi connectivity index (χ2v) is 6.28. The minimum atomic E-state index is -0.748. The maximum Gasteiger partial charge on any atom is 0.339 e. The third kappa shape index (κ3) is 3.85. The molecule has 1 aliphatic rings. The summed E-state index contributed by atoms with van der Waals surface area (Å²) in [7, 11) is 1.29. The Balaban J connectivity index is 0.00000243. The van der Waals surface area contributed by atoms with Crippen LogP contribution in [-0.2, 0) is 15.1 Å². The highest BCUT2D eigenvalue weighted by Gasteiger charge is 2.42. The highest BCUT2D eigenvalue weighted by molar-refractivity contribution is 6.34. The predicted molar refractivity (Wildman–Crippen MR) is 101 cm³/mol. The van der Waals surface area contributed by atoms with Crippen molar-refractivity contribution in [2.75, 3.05) is 25.5 Å². The van der Waals surface area contributed by atoms with Crippen molar-refractivity contribution in [1.29, 1.82) is 0 Å². The van der Waals surface area contributed by atoms with Crippen molar-refractivity contribution in [3.8, 4) is 0 Å². The largest absolute Gasteiger partial charge is 0.465 e. The lowest BCUT2D eigenvalue weighted by Gasteiger charge is -2.36. The molecule has 3 rings (SSSR count). The van der Waals surface area contributed by atoms with Gasteiger partial charge in [-0.1, -0.05) is 11.6 Å². The number of anilines is 1. The minimum Gasteiger partial charge on any atom is -0.465 e. The molecule has 2 aromatic rings. The third-order valence-corrected chi connectivity index (χ3v) is 4.74. The summed E-state index contributed by atoms with van der Waals surface area (Å²) in [6.45, 7) is 1.46. The van der Waals surface area contributed by atoms with Crippen LogP contribution in [0.3, 0.4) is 0 Å². The number of esters is 1. The van der Waals surface area contributed by atoms with E-state index in [0.717, 1.165) is 13.1 Å². The summed E-state index contributed by atoms with van der Waals surface area (Å²) < 4.78 is 6.38. The molecule has 0 radical (unpaired) electrons. The molecule has 1 aromatic heterocycles. The zero-order chi connectivity index (χ0) is 17.9. The number of nitrogens with zero attached hydrogens (tertiary/aromatic N) is 2. The summed E-state index contributed by atoms with van der Waals surface area (Å²) in [5.74, 6) is -0.672. The number of nitrogens with one attached hydrogen (secondary N) is 2. The van der Waals surface area contributed by atoms with Crippen LogP contribution in [0, 0.1) is 0 Å². The Morgan fingerprint density at radius 2 is 2.08 bits per heavy atom. The number of ether oxygens (including phenoxy) is 1. The summed E-state index contributed by atoms with van der Waals surface area (Å²) in [6, 6.07) is 6.52. The van der Waals surface area contributed by atoms with Gasteiger partial charge in [0.1, 0.15) is 5.54 Å². The molecule has 1 amide bonds. The zero-order valence-electron chi connectivity index (χ0n) is 14.2. The van der Waals surface area contributed by atoms with Crippen LogP contribution in [0.2, 0.25) is 5.02 Å². The average molecular weight is 399 g/mol. The molecular formula is C17H20Cl2N4O3. The summed E-state index contributed by atoms with van der Waals surface area (Å²) in [5, 5.41) is 10.7. The topological polar surface area (TPSA) is 85.2 Å². The number of rotatable bonds is 4. The lowest BCUT2D eigenvalue weighted by molar-refractivity contribution is -0.126. The van der Waals surface area contributed by atoms with E-state index in [9.17, 15) is 9.59 Å². The molecule has 9 heteroatoms. The summed E-state index contributed by atoms with van der Waals surface area (Å²) >= 11 is 6.13. The van der Waals surface area contributed by atoms with E-state index in [2.05, 4.69) is 20.5 Å². The highest BCUT2D eigenvalue weighted by Crippen LogP contribution is 2.29. The van der Waals surface area contributed by atoms with Gasteiger partial charge in [-0.2, -0.15) is 5.10 Å². The van der Waals surface area contributed by atoms with Crippen LogP contribution in [0.5, 0.6) is 0 Å². The number of carbonyl (C=O) groups is 2. The fourth-order valence-corrected chi connectivity index (χ4v) is 3.30. The van der Waals surface area contributed by atoms with Gasteiger partial charge in [0.05, 0.1) is 17.7 Å². The van der Waals surface area contributed by atoms with Gasteiger partial charge < -0.3 is 15.4 Å².